The third-order valence-corrected chi connectivity index (χ3v) is 4.73. The molecule has 0 aliphatic carbocycles. The smallest absolute Gasteiger partial charge is 0.270 e. The predicted octanol–water partition coefficient (Wildman–Crippen LogP) is 3.29. The van der Waals surface area contributed by atoms with Gasteiger partial charge in [-0.3, -0.25) is 9.89 Å². The first-order chi connectivity index (χ1) is 11.6. The Morgan fingerprint density at radius 2 is 2.17 bits per heavy atom. The lowest BCUT2D eigenvalue weighted by Gasteiger charge is -2.26. The summed E-state index contributed by atoms with van der Waals surface area (Å²) >= 11 is 0. The van der Waals surface area contributed by atoms with E-state index in [9.17, 15) is 4.79 Å². The number of fused-ring (bicyclic) bond motifs is 2. The molecule has 2 N–H and O–H groups in total. The minimum absolute atomic E-state index is 0.0914. The SMILES string of the molecule is CC(C)Cc1c(C(=O)N2CCc3[nH]ncc3C2)[nH]c2ccccc12. The van der Waals surface area contributed by atoms with Crippen molar-refractivity contribution in [3.8, 4) is 0 Å². The summed E-state index contributed by atoms with van der Waals surface area (Å²) in [5.41, 5.74) is 5.20. The van der Waals surface area contributed by atoms with Crippen LogP contribution < -0.4 is 0 Å². The second-order valence-corrected chi connectivity index (χ2v) is 6.97. The molecule has 5 heteroatoms. The Bertz CT molecular complexity index is 890. The molecule has 124 valence electrons. The van der Waals surface area contributed by atoms with E-state index in [1.807, 2.05) is 29.3 Å². The van der Waals surface area contributed by atoms with Crippen LogP contribution in [0, 0.1) is 5.92 Å². The zero-order chi connectivity index (χ0) is 16.7. The van der Waals surface area contributed by atoms with E-state index in [2.05, 4.69) is 35.1 Å². The lowest BCUT2D eigenvalue weighted by atomic mass is 9.99. The highest BCUT2D eigenvalue weighted by molar-refractivity contribution is 6.01. The van der Waals surface area contributed by atoms with E-state index >= 15 is 0 Å². The summed E-state index contributed by atoms with van der Waals surface area (Å²) in [4.78, 5) is 18.5. The fraction of sp³-hybridized carbons (Fsp3) is 0.368. The maximum atomic E-state index is 13.2. The van der Waals surface area contributed by atoms with Gasteiger partial charge >= 0.3 is 0 Å². The van der Waals surface area contributed by atoms with E-state index in [4.69, 9.17) is 0 Å². The highest BCUT2D eigenvalue weighted by Gasteiger charge is 2.26. The molecular weight excluding hydrogens is 300 g/mol. The average molecular weight is 322 g/mol. The maximum absolute atomic E-state index is 13.2. The van der Waals surface area contributed by atoms with Crippen LogP contribution in [0.4, 0.5) is 0 Å². The molecular formula is C19H22N4O. The van der Waals surface area contributed by atoms with Crippen LogP contribution >= 0.6 is 0 Å². The van der Waals surface area contributed by atoms with Crippen molar-refractivity contribution in [1.29, 1.82) is 0 Å². The van der Waals surface area contributed by atoms with Crippen molar-refractivity contribution in [2.45, 2.75) is 33.2 Å². The fourth-order valence-corrected chi connectivity index (χ4v) is 3.56. The van der Waals surface area contributed by atoms with Gasteiger partial charge in [0.15, 0.2) is 0 Å². The Labute approximate surface area is 141 Å². The fourth-order valence-electron chi connectivity index (χ4n) is 3.56. The number of rotatable bonds is 3. The zero-order valence-corrected chi connectivity index (χ0v) is 14.1. The van der Waals surface area contributed by atoms with Crippen molar-refractivity contribution in [3.05, 3.63) is 53.0 Å². The van der Waals surface area contributed by atoms with Gasteiger partial charge in [0.1, 0.15) is 5.69 Å². The quantitative estimate of drug-likeness (QED) is 0.777. The number of H-pyrrole nitrogens is 2. The van der Waals surface area contributed by atoms with Crippen LogP contribution in [0.25, 0.3) is 10.9 Å². The zero-order valence-electron chi connectivity index (χ0n) is 14.1. The van der Waals surface area contributed by atoms with Crippen molar-refractivity contribution in [3.63, 3.8) is 0 Å². The molecule has 2 aromatic heterocycles. The third-order valence-electron chi connectivity index (χ3n) is 4.73. The molecule has 1 aromatic carbocycles. The average Bonchev–Trinajstić information content (AvgIpc) is 3.18. The predicted molar refractivity (Wildman–Crippen MR) is 93.9 cm³/mol. The van der Waals surface area contributed by atoms with Gasteiger partial charge in [0.2, 0.25) is 0 Å². The van der Waals surface area contributed by atoms with E-state index in [1.165, 1.54) is 0 Å². The molecule has 1 amide bonds. The second kappa shape index (κ2) is 5.82. The summed E-state index contributed by atoms with van der Waals surface area (Å²) in [5, 5.41) is 8.27. The first kappa shape index (κ1) is 15.0. The number of benzene rings is 1. The number of hydrogen-bond donors (Lipinski definition) is 2. The number of nitrogens with zero attached hydrogens (tertiary/aromatic N) is 2. The van der Waals surface area contributed by atoms with E-state index in [0.717, 1.165) is 52.8 Å². The lowest BCUT2D eigenvalue weighted by Crippen LogP contribution is -2.36. The summed E-state index contributed by atoms with van der Waals surface area (Å²) in [6.07, 6.45) is 3.56. The van der Waals surface area contributed by atoms with Crippen LogP contribution in [0.5, 0.6) is 0 Å². The maximum Gasteiger partial charge on any atom is 0.270 e. The molecule has 4 rings (SSSR count). The Kier molecular flexibility index (Phi) is 3.63. The summed E-state index contributed by atoms with van der Waals surface area (Å²) < 4.78 is 0. The number of amides is 1. The molecule has 24 heavy (non-hydrogen) atoms. The molecule has 0 spiro atoms. The van der Waals surface area contributed by atoms with Gasteiger partial charge in [0.05, 0.1) is 6.20 Å². The third kappa shape index (κ3) is 2.50. The van der Waals surface area contributed by atoms with E-state index in [-0.39, 0.29) is 5.91 Å². The minimum Gasteiger partial charge on any atom is -0.350 e. The summed E-state index contributed by atoms with van der Waals surface area (Å²) in [6, 6.07) is 8.18. The van der Waals surface area contributed by atoms with Crippen LogP contribution in [0.15, 0.2) is 30.5 Å². The van der Waals surface area contributed by atoms with Crippen molar-refractivity contribution < 1.29 is 4.79 Å². The van der Waals surface area contributed by atoms with Gasteiger partial charge in [0, 0.05) is 41.7 Å². The highest BCUT2D eigenvalue weighted by Crippen LogP contribution is 2.27. The second-order valence-electron chi connectivity index (χ2n) is 6.97. The molecule has 0 radical (unpaired) electrons. The van der Waals surface area contributed by atoms with Gasteiger partial charge in [-0.15, -0.1) is 0 Å². The number of aromatic amines is 2. The normalized spacial score (nSPS) is 14.4. The van der Waals surface area contributed by atoms with E-state index in [0.29, 0.717) is 12.5 Å². The molecule has 1 aliphatic heterocycles. The summed E-state index contributed by atoms with van der Waals surface area (Å²) in [6.45, 7) is 5.73. The standard InChI is InChI=1S/C19H22N4O/c1-12(2)9-15-14-5-3-4-6-17(14)21-18(15)19(24)23-8-7-16-13(11-23)10-20-22-16/h3-6,10,12,21H,7-9,11H2,1-2H3,(H,20,22). The van der Waals surface area contributed by atoms with Crippen molar-refractivity contribution in [2.75, 3.05) is 6.54 Å². The van der Waals surface area contributed by atoms with Gasteiger partial charge in [-0.2, -0.15) is 5.10 Å². The number of nitrogens with one attached hydrogen (secondary N) is 2. The number of hydrogen-bond acceptors (Lipinski definition) is 2. The lowest BCUT2D eigenvalue weighted by molar-refractivity contribution is 0.0728. The van der Waals surface area contributed by atoms with Crippen LogP contribution in [0.2, 0.25) is 0 Å². The number of carbonyl (C=O) groups excluding carboxylic acids is 1. The summed E-state index contributed by atoms with van der Waals surface area (Å²) in [7, 11) is 0. The molecule has 1 aliphatic rings. The van der Waals surface area contributed by atoms with Crippen LogP contribution in [-0.4, -0.2) is 32.5 Å². The van der Waals surface area contributed by atoms with Crippen molar-refractivity contribution in [1.82, 2.24) is 20.1 Å². The molecule has 0 fully saturated rings. The van der Waals surface area contributed by atoms with Gasteiger partial charge in [-0.25, -0.2) is 0 Å². The topological polar surface area (TPSA) is 64.8 Å². The molecule has 0 atom stereocenters. The molecule has 0 unspecified atom stereocenters. The minimum atomic E-state index is 0.0914. The number of aromatic nitrogens is 3. The summed E-state index contributed by atoms with van der Waals surface area (Å²) in [5.74, 6) is 0.589. The van der Waals surface area contributed by atoms with Gasteiger partial charge in [-0.1, -0.05) is 32.0 Å². The van der Waals surface area contributed by atoms with Gasteiger partial charge in [0.25, 0.3) is 5.91 Å². The van der Waals surface area contributed by atoms with E-state index < -0.39 is 0 Å². The van der Waals surface area contributed by atoms with Crippen molar-refractivity contribution >= 4 is 16.8 Å². The first-order valence-corrected chi connectivity index (χ1v) is 8.53. The van der Waals surface area contributed by atoms with Crippen LogP contribution in [0.1, 0.15) is 41.2 Å². The largest absolute Gasteiger partial charge is 0.350 e. The molecule has 0 bridgehead atoms. The molecule has 0 saturated carbocycles. The molecule has 5 nitrogen and oxygen atoms in total. The van der Waals surface area contributed by atoms with E-state index in [1.54, 1.807) is 0 Å². The Hall–Kier alpha value is -2.56. The molecule has 3 aromatic rings. The molecule has 3 heterocycles. The van der Waals surface area contributed by atoms with Crippen LogP contribution in [0.3, 0.4) is 0 Å². The Balaban J connectivity index is 1.72. The Morgan fingerprint density at radius 3 is 3.00 bits per heavy atom. The number of para-hydroxylation sites is 1. The van der Waals surface area contributed by atoms with Gasteiger partial charge in [-0.05, 0) is 24.0 Å². The van der Waals surface area contributed by atoms with Crippen molar-refractivity contribution in [2.24, 2.45) is 5.92 Å². The van der Waals surface area contributed by atoms with Gasteiger partial charge < -0.3 is 9.88 Å². The number of carbonyl (C=O) groups is 1. The molecule has 0 saturated heterocycles. The first-order valence-electron chi connectivity index (χ1n) is 8.53. The Morgan fingerprint density at radius 1 is 1.33 bits per heavy atom. The monoisotopic (exact) mass is 322 g/mol. The highest BCUT2D eigenvalue weighted by atomic mass is 16.2. The van der Waals surface area contributed by atoms with Crippen LogP contribution in [-0.2, 0) is 19.4 Å².